The summed E-state index contributed by atoms with van der Waals surface area (Å²) >= 11 is 0. The summed E-state index contributed by atoms with van der Waals surface area (Å²) in [6.45, 7) is 11.2. The van der Waals surface area contributed by atoms with Gasteiger partial charge in [0.1, 0.15) is 0 Å². The zero-order valence-electron chi connectivity index (χ0n) is 11.2. The van der Waals surface area contributed by atoms with Crippen LogP contribution in [0.25, 0.3) is 0 Å². The van der Waals surface area contributed by atoms with E-state index < -0.39 is 0 Å². The maximum atomic E-state index is 3.73. The van der Waals surface area contributed by atoms with Crippen molar-refractivity contribution in [3.63, 3.8) is 0 Å². The molecule has 1 rings (SSSR count). The Labute approximate surface area is 105 Å². The standard InChI is InChI=1S/C15H24N2/c1-5-12-16-14(6-2)17-15(3,4)13-10-8-7-9-11-13/h5,7-11,14,16-17H,1,6,12H2,2-4H3. The van der Waals surface area contributed by atoms with Gasteiger partial charge >= 0.3 is 0 Å². The zero-order chi connectivity index (χ0) is 12.7. The molecule has 0 aliphatic rings. The third-order valence-electron chi connectivity index (χ3n) is 2.95. The number of hydrogen-bond donors (Lipinski definition) is 2. The van der Waals surface area contributed by atoms with Crippen molar-refractivity contribution >= 4 is 0 Å². The van der Waals surface area contributed by atoms with Gasteiger partial charge in [-0.05, 0) is 25.8 Å². The van der Waals surface area contributed by atoms with Crippen LogP contribution in [0.2, 0.25) is 0 Å². The molecule has 0 aromatic heterocycles. The smallest absolute Gasteiger partial charge is 0.0578 e. The molecule has 0 aliphatic carbocycles. The van der Waals surface area contributed by atoms with E-state index in [-0.39, 0.29) is 5.54 Å². The lowest BCUT2D eigenvalue weighted by Gasteiger charge is -2.32. The maximum Gasteiger partial charge on any atom is 0.0578 e. The zero-order valence-corrected chi connectivity index (χ0v) is 11.2. The molecule has 0 saturated heterocycles. The monoisotopic (exact) mass is 232 g/mol. The van der Waals surface area contributed by atoms with E-state index in [9.17, 15) is 0 Å². The van der Waals surface area contributed by atoms with Crippen molar-refractivity contribution in [1.82, 2.24) is 10.6 Å². The SMILES string of the molecule is C=CCNC(CC)NC(C)(C)c1ccccc1. The Morgan fingerprint density at radius 2 is 1.94 bits per heavy atom. The molecule has 0 saturated carbocycles. The van der Waals surface area contributed by atoms with E-state index >= 15 is 0 Å². The molecule has 1 unspecified atom stereocenters. The highest BCUT2D eigenvalue weighted by Crippen LogP contribution is 2.20. The Kier molecular flexibility index (Phi) is 5.39. The van der Waals surface area contributed by atoms with Crippen molar-refractivity contribution in [1.29, 1.82) is 0 Å². The second-order valence-electron chi connectivity index (χ2n) is 4.79. The van der Waals surface area contributed by atoms with Crippen molar-refractivity contribution in [3.8, 4) is 0 Å². The lowest BCUT2D eigenvalue weighted by Crippen LogP contribution is -2.50. The summed E-state index contributed by atoms with van der Waals surface area (Å²) in [6.07, 6.45) is 3.24. The second-order valence-corrected chi connectivity index (χ2v) is 4.79. The van der Waals surface area contributed by atoms with Gasteiger partial charge in [-0.1, -0.05) is 43.3 Å². The van der Waals surface area contributed by atoms with Gasteiger partial charge in [0.25, 0.3) is 0 Å². The van der Waals surface area contributed by atoms with Gasteiger partial charge in [0, 0.05) is 12.1 Å². The van der Waals surface area contributed by atoms with Gasteiger partial charge in [-0.25, -0.2) is 0 Å². The van der Waals surface area contributed by atoms with E-state index in [0.717, 1.165) is 13.0 Å². The van der Waals surface area contributed by atoms with Gasteiger partial charge in [0.2, 0.25) is 0 Å². The van der Waals surface area contributed by atoms with Crippen molar-refractivity contribution in [3.05, 3.63) is 48.6 Å². The summed E-state index contributed by atoms with van der Waals surface area (Å²) in [5.74, 6) is 0. The molecular formula is C15H24N2. The fourth-order valence-corrected chi connectivity index (χ4v) is 1.90. The first-order chi connectivity index (χ1) is 8.10. The molecule has 1 aromatic carbocycles. The highest BCUT2D eigenvalue weighted by atomic mass is 15.1. The normalized spacial score (nSPS) is 13.4. The van der Waals surface area contributed by atoms with Gasteiger partial charge in [-0.3, -0.25) is 10.6 Å². The molecule has 0 spiro atoms. The number of rotatable bonds is 7. The highest BCUT2D eigenvalue weighted by molar-refractivity contribution is 5.22. The second kappa shape index (κ2) is 6.58. The fraction of sp³-hybridized carbons (Fsp3) is 0.467. The predicted molar refractivity (Wildman–Crippen MR) is 74.9 cm³/mol. The predicted octanol–water partition coefficient (Wildman–Crippen LogP) is 3.02. The third kappa shape index (κ3) is 4.33. The van der Waals surface area contributed by atoms with Crippen molar-refractivity contribution in [2.45, 2.75) is 38.9 Å². The summed E-state index contributed by atoms with van der Waals surface area (Å²) in [4.78, 5) is 0. The van der Waals surface area contributed by atoms with Crippen LogP contribution in [-0.2, 0) is 5.54 Å². The van der Waals surface area contributed by atoms with E-state index in [1.54, 1.807) is 0 Å². The Morgan fingerprint density at radius 1 is 1.29 bits per heavy atom. The highest BCUT2D eigenvalue weighted by Gasteiger charge is 2.22. The molecule has 17 heavy (non-hydrogen) atoms. The molecule has 1 aromatic rings. The largest absolute Gasteiger partial charge is 0.298 e. The van der Waals surface area contributed by atoms with Crippen LogP contribution in [0.4, 0.5) is 0 Å². The summed E-state index contributed by atoms with van der Waals surface area (Å²) in [7, 11) is 0. The molecule has 2 N–H and O–H groups in total. The molecule has 94 valence electrons. The summed E-state index contributed by atoms with van der Waals surface area (Å²) in [5.41, 5.74) is 1.27. The minimum absolute atomic E-state index is 0.0316. The van der Waals surface area contributed by atoms with Gasteiger partial charge in [0.15, 0.2) is 0 Å². The Morgan fingerprint density at radius 3 is 2.47 bits per heavy atom. The first kappa shape index (κ1) is 13.9. The van der Waals surface area contributed by atoms with Crippen LogP contribution >= 0.6 is 0 Å². The first-order valence-corrected chi connectivity index (χ1v) is 6.27. The minimum atomic E-state index is -0.0316. The van der Waals surface area contributed by atoms with Crippen LogP contribution in [-0.4, -0.2) is 12.7 Å². The average Bonchev–Trinajstić information content (AvgIpc) is 2.35. The molecule has 2 heteroatoms. The molecule has 1 atom stereocenters. The molecule has 0 amide bonds. The average molecular weight is 232 g/mol. The van der Waals surface area contributed by atoms with Crippen molar-refractivity contribution in [2.24, 2.45) is 0 Å². The summed E-state index contributed by atoms with van der Waals surface area (Å²) in [5, 5.41) is 7.05. The lowest BCUT2D eigenvalue weighted by atomic mass is 9.94. The van der Waals surface area contributed by atoms with Gasteiger partial charge < -0.3 is 0 Å². The lowest BCUT2D eigenvalue weighted by molar-refractivity contribution is 0.302. The first-order valence-electron chi connectivity index (χ1n) is 6.27. The Hall–Kier alpha value is -1.12. The molecular weight excluding hydrogens is 208 g/mol. The van der Waals surface area contributed by atoms with Crippen LogP contribution < -0.4 is 10.6 Å². The molecule has 0 heterocycles. The minimum Gasteiger partial charge on any atom is -0.298 e. The quantitative estimate of drug-likeness (QED) is 0.558. The molecule has 0 fully saturated rings. The molecule has 2 nitrogen and oxygen atoms in total. The van der Waals surface area contributed by atoms with Gasteiger partial charge in [-0.2, -0.15) is 0 Å². The number of nitrogens with one attached hydrogen (secondary N) is 2. The summed E-state index contributed by atoms with van der Waals surface area (Å²) in [6, 6.07) is 10.5. The maximum absolute atomic E-state index is 3.73. The summed E-state index contributed by atoms with van der Waals surface area (Å²) < 4.78 is 0. The van der Waals surface area contributed by atoms with Crippen LogP contribution in [0, 0.1) is 0 Å². The van der Waals surface area contributed by atoms with Crippen molar-refractivity contribution in [2.75, 3.05) is 6.54 Å². The Bertz CT molecular complexity index is 330. The van der Waals surface area contributed by atoms with Crippen molar-refractivity contribution < 1.29 is 0 Å². The van der Waals surface area contributed by atoms with E-state index in [1.165, 1.54) is 5.56 Å². The number of hydrogen-bond acceptors (Lipinski definition) is 2. The topological polar surface area (TPSA) is 24.1 Å². The van der Waals surface area contributed by atoms with Crippen LogP contribution in [0.5, 0.6) is 0 Å². The molecule has 0 aliphatic heterocycles. The van der Waals surface area contributed by atoms with E-state index in [2.05, 4.69) is 62.2 Å². The third-order valence-corrected chi connectivity index (χ3v) is 2.95. The van der Waals surface area contributed by atoms with E-state index in [4.69, 9.17) is 0 Å². The number of benzene rings is 1. The van der Waals surface area contributed by atoms with Gasteiger partial charge in [0.05, 0.1) is 6.17 Å². The van der Waals surface area contributed by atoms with Crippen LogP contribution in [0.3, 0.4) is 0 Å². The molecule has 0 radical (unpaired) electrons. The van der Waals surface area contributed by atoms with Gasteiger partial charge in [-0.15, -0.1) is 6.58 Å². The fourth-order valence-electron chi connectivity index (χ4n) is 1.90. The van der Waals surface area contributed by atoms with Crippen LogP contribution in [0.15, 0.2) is 43.0 Å². The van der Waals surface area contributed by atoms with E-state index in [0.29, 0.717) is 6.17 Å². The van der Waals surface area contributed by atoms with Crippen LogP contribution in [0.1, 0.15) is 32.8 Å². The Balaban J connectivity index is 2.67. The van der Waals surface area contributed by atoms with E-state index in [1.807, 2.05) is 12.1 Å². The molecule has 0 bridgehead atoms.